The molecule has 0 radical (unpaired) electrons. The quantitative estimate of drug-likeness (QED) is 0.784. The molecule has 0 aliphatic heterocycles. The van der Waals surface area contributed by atoms with E-state index in [1.165, 1.54) is 5.56 Å². The molecule has 1 rings (SSSR count). The number of benzene rings is 1. The van der Waals surface area contributed by atoms with Crippen molar-refractivity contribution in [2.24, 2.45) is 11.8 Å². The maximum atomic E-state index is 12.2. The summed E-state index contributed by atoms with van der Waals surface area (Å²) in [5.41, 5.74) is 2.47. The third-order valence-corrected chi connectivity index (χ3v) is 4.56. The van der Waals surface area contributed by atoms with E-state index in [0.717, 1.165) is 12.0 Å². The molecule has 1 amide bonds. The Kier molecular flexibility index (Phi) is 7.47. The van der Waals surface area contributed by atoms with E-state index >= 15 is 0 Å². The fourth-order valence-electron chi connectivity index (χ4n) is 2.28. The molecular formula is C20H31NO2. The SMILES string of the molecule is CC(C)c1ccc(CCC(=O)[C@H](C)NC(=O)[C@@H](C)C(C)C)cc1. The lowest BCUT2D eigenvalue weighted by Crippen LogP contribution is -2.42. The van der Waals surface area contributed by atoms with Gasteiger partial charge in [-0.15, -0.1) is 0 Å². The number of Topliss-reactive ketones (excluding diaryl/α,β-unsaturated/α-hetero) is 1. The van der Waals surface area contributed by atoms with Crippen molar-refractivity contribution in [1.29, 1.82) is 0 Å². The molecule has 23 heavy (non-hydrogen) atoms. The van der Waals surface area contributed by atoms with Crippen LogP contribution < -0.4 is 5.32 Å². The van der Waals surface area contributed by atoms with Gasteiger partial charge in [-0.25, -0.2) is 0 Å². The average Bonchev–Trinajstić information content (AvgIpc) is 2.51. The summed E-state index contributed by atoms with van der Waals surface area (Å²) in [5, 5.41) is 2.83. The van der Waals surface area contributed by atoms with Crippen LogP contribution in [0.5, 0.6) is 0 Å². The minimum Gasteiger partial charge on any atom is -0.346 e. The first-order chi connectivity index (χ1) is 10.7. The van der Waals surface area contributed by atoms with Gasteiger partial charge in [0.25, 0.3) is 0 Å². The van der Waals surface area contributed by atoms with Gasteiger partial charge in [0, 0.05) is 12.3 Å². The number of ketones is 1. The van der Waals surface area contributed by atoms with Gasteiger partial charge >= 0.3 is 0 Å². The van der Waals surface area contributed by atoms with Crippen molar-refractivity contribution in [2.75, 3.05) is 0 Å². The normalized spacial score (nSPS) is 13.9. The summed E-state index contributed by atoms with van der Waals surface area (Å²) in [6.07, 6.45) is 1.18. The Morgan fingerprint density at radius 1 is 0.957 bits per heavy atom. The third kappa shape index (κ3) is 6.17. The Morgan fingerprint density at radius 2 is 1.52 bits per heavy atom. The molecule has 1 N–H and O–H groups in total. The van der Waals surface area contributed by atoms with Crippen molar-refractivity contribution in [3.8, 4) is 0 Å². The molecular weight excluding hydrogens is 286 g/mol. The van der Waals surface area contributed by atoms with Crippen LogP contribution in [0.25, 0.3) is 0 Å². The first-order valence-electron chi connectivity index (χ1n) is 8.64. The number of nitrogens with one attached hydrogen (secondary N) is 1. The molecule has 0 fully saturated rings. The number of hydrogen-bond donors (Lipinski definition) is 1. The van der Waals surface area contributed by atoms with Gasteiger partial charge in [0.15, 0.2) is 5.78 Å². The Labute approximate surface area is 140 Å². The first kappa shape index (κ1) is 19.4. The highest BCUT2D eigenvalue weighted by Crippen LogP contribution is 2.16. The molecule has 0 unspecified atom stereocenters. The van der Waals surface area contributed by atoms with E-state index in [0.29, 0.717) is 12.3 Å². The van der Waals surface area contributed by atoms with E-state index in [1.54, 1.807) is 6.92 Å². The zero-order chi connectivity index (χ0) is 17.6. The van der Waals surface area contributed by atoms with E-state index in [9.17, 15) is 9.59 Å². The number of carbonyl (C=O) groups is 2. The number of hydrogen-bond acceptors (Lipinski definition) is 2. The maximum Gasteiger partial charge on any atom is 0.223 e. The Hall–Kier alpha value is -1.64. The fourth-order valence-corrected chi connectivity index (χ4v) is 2.28. The van der Waals surface area contributed by atoms with Crippen molar-refractivity contribution in [3.63, 3.8) is 0 Å². The number of amides is 1. The van der Waals surface area contributed by atoms with E-state index in [1.807, 2.05) is 20.8 Å². The average molecular weight is 317 g/mol. The zero-order valence-electron chi connectivity index (χ0n) is 15.3. The van der Waals surface area contributed by atoms with E-state index in [4.69, 9.17) is 0 Å². The Morgan fingerprint density at radius 3 is 2.00 bits per heavy atom. The van der Waals surface area contributed by atoms with E-state index < -0.39 is 6.04 Å². The predicted octanol–water partition coefficient (Wildman–Crippen LogP) is 4.11. The Balaban J connectivity index is 2.48. The van der Waals surface area contributed by atoms with Crippen LogP contribution >= 0.6 is 0 Å². The topological polar surface area (TPSA) is 46.2 Å². The lowest BCUT2D eigenvalue weighted by molar-refractivity contribution is -0.130. The first-order valence-corrected chi connectivity index (χ1v) is 8.64. The number of carbonyl (C=O) groups excluding carboxylic acids is 2. The van der Waals surface area contributed by atoms with Crippen LogP contribution in [0.2, 0.25) is 0 Å². The molecule has 0 saturated carbocycles. The van der Waals surface area contributed by atoms with Gasteiger partial charge < -0.3 is 5.32 Å². The summed E-state index contributed by atoms with van der Waals surface area (Å²) in [6, 6.07) is 8.01. The van der Waals surface area contributed by atoms with Crippen molar-refractivity contribution in [2.45, 2.75) is 66.3 Å². The molecule has 3 heteroatoms. The second kappa shape index (κ2) is 8.85. The second-order valence-corrected chi connectivity index (χ2v) is 7.13. The molecule has 0 aliphatic carbocycles. The van der Waals surface area contributed by atoms with Crippen molar-refractivity contribution in [1.82, 2.24) is 5.32 Å². The lowest BCUT2D eigenvalue weighted by Gasteiger charge is -2.19. The maximum absolute atomic E-state index is 12.2. The van der Waals surface area contributed by atoms with Gasteiger partial charge in [0.2, 0.25) is 5.91 Å². The largest absolute Gasteiger partial charge is 0.346 e. The van der Waals surface area contributed by atoms with E-state index in [2.05, 4.69) is 43.4 Å². The molecule has 0 aromatic heterocycles. The highest BCUT2D eigenvalue weighted by Gasteiger charge is 2.21. The minimum absolute atomic E-state index is 0.0397. The van der Waals surface area contributed by atoms with Crippen LogP contribution in [0, 0.1) is 11.8 Å². The standard InChI is InChI=1S/C20H31NO2/c1-13(2)15(5)20(23)21-16(6)19(22)12-9-17-7-10-18(11-8-17)14(3)4/h7-8,10-11,13-16H,9,12H2,1-6H3,(H,21,23)/t15-,16-/m0/s1. The molecule has 0 heterocycles. The monoisotopic (exact) mass is 317 g/mol. The summed E-state index contributed by atoms with van der Waals surface area (Å²) in [4.78, 5) is 24.2. The summed E-state index contributed by atoms with van der Waals surface area (Å²) < 4.78 is 0. The van der Waals surface area contributed by atoms with Gasteiger partial charge in [-0.3, -0.25) is 9.59 Å². The van der Waals surface area contributed by atoms with Crippen molar-refractivity contribution < 1.29 is 9.59 Å². The highest BCUT2D eigenvalue weighted by molar-refractivity contribution is 5.89. The third-order valence-electron chi connectivity index (χ3n) is 4.56. The molecule has 0 bridgehead atoms. The summed E-state index contributed by atoms with van der Waals surface area (Å²) >= 11 is 0. The van der Waals surface area contributed by atoms with Gasteiger partial charge in [0.1, 0.15) is 0 Å². The van der Waals surface area contributed by atoms with Gasteiger partial charge in [-0.2, -0.15) is 0 Å². The van der Waals surface area contributed by atoms with Gasteiger partial charge in [0.05, 0.1) is 6.04 Å². The van der Waals surface area contributed by atoms with Crippen LogP contribution in [-0.4, -0.2) is 17.7 Å². The van der Waals surface area contributed by atoms with Crippen LogP contribution in [0.15, 0.2) is 24.3 Å². The summed E-state index contributed by atoms with van der Waals surface area (Å²) in [5.74, 6) is 0.763. The molecule has 128 valence electrons. The molecule has 1 aromatic rings. The zero-order valence-corrected chi connectivity index (χ0v) is 15.3. The van der Waals surface area contributed by atoms with Crippen LogP contribution in [-0.2, 0) is 16.0 Å². The minimum atomic E-state index is -0.418. The second-order valence-electron chi connectivity index (χ2n) is 7.13. The highest BCUT2D eigenvalue weighted by atomic mass is 16.2. The van der Waals surface area contributed by atoms with Crippen LogP contribution in [0.4, 0.5) is 0 Å². The molecule has 0 aliphatic rings. The molecule has 0 saturated heterocycles. The predicted molar refractivity (Wildman–Crippen MR) is 95.5 cm³/mol. The van der Waals surface area contributed by atoms with Crippen molar-refractivity contribution >= 4 is 11.7 Å². The molecule has 3 nitrogen and oxygen atoms in total. The molecule has 2 atom stereocenters. The summed E-state index contributed by atoms with van der Waals surface area (Å²) in [7, 11) is 0. The lowest BCUT2D eigenvalue weighted by atomic mass is 9.96. The summed E-state index contributed by atoms with van der Waals surface area (Å²) in [6.45, 7) is 12.0. The number of rotatable bonds is 8. The van der Waals surface area contributed by atoms with Crippen LogP contribution in [0.1, 0.15) is 65.0 Å². The van der Waals surface area contributed by atoms with E-state index in [-0.39, 0.29) is 23.5 Å². The molecule has 1 aromatic carbocycles. The fraction of sp³-hybridized carbons (Fsp3) is 0.600. The number of aryl methyl sites for hydroxylation is 1. The smallest absolute Gasteiger partial charge is 0.223 e. The van der Waals surface area contributed by atoms with Gasteiger partial charge in [-0.1, -0.05) is 58.9 Å². The van der Waals surface area contributed by atoms with Crippen molar-refractivity contribution in [3.05, 3.63) is 35.4 Å². The van der Waals surface area contributed by atoms with Crippen LogP contribution in [0.3, 0.4) is 0 Å². The Bertz CT molecular complexity index is 517. The molecule has 0 spiro atoms. The van der Waals surface area contributed by atoms with Gasteiger partial charge in [-0.05, 0) is 36.3 Å².